The zero-order valence-corrected chi connectivity index (χ0v) is 10.5. The summed E-state index contributed by atoms with van der Waals surface area (Å²) >= 11 is 0. The van der Waals surface area contributed by atoms with Crippen molar-refractivity contribution >= 4 is 0 Å². The number of rotatable bonds is 5. The molecule has 1 heterocycles. The van der Waals surface area contributed by atoms with E-state index in [1.165, 1.54) is 0 Å². The van der Waals surface area contributed by atoms with E-state index in [4.69, 9.17) is 9.84 Å². The number of hydrogen-bond acceptors (Lipinski definition) is 3. The van der Waals surface area contributed by atoms with Gasteiger partial charge in [-0.3, -0.25) is 4.90 Å². The molecule has 15 heavy (non-hydrogen) atoms. The summed E-state index contributed by atoms with van der Waals surface area (Å²) in [5, 5.41) is 8.98. The van der Waals surface area contributed by atoms with Crippen molar-refractivity contribution in [1.29, 1.82) is 0 Å². The number of nitrogens with zero attached hydrogens (tertiary/aromatic N) is 1. The molecule has 3 heteroatoms. The van der Waals surface area contributed by atoms with E-state index in [2.05, 4.69) is 25.7 Å². The molecule has 1 unspecified atom stereocenters. The molecule has 0 aromatic carbocycles. The average Bonchev–Trinajstić information content (AvgIpc) is 1.99. The normalized spacial score (nSPS) is 21.4. The molecule has 1 fully saturated rings. The Morgan fingerprint density at radius 2 is 2.00 bits per heavy atom. The maximum absolute atomic E-state index is 8.98. The highest BCUT2D eigenvalue weighted by Gasteiger charge is 2.38. The highest BCUT2D eigenvalue weighted by Crippen LogP contribution is 2.34. The third-order valence-corrected chi connectivity index (χ3v) is 3.47. The van der Waals surface area contributed by atoms with E-state index in [0.717, 1.165) is 32.0 Å². The molecule has 0 saturated carbocycles. The van der Waals surface area contributed by atoms with Crippen LogP contribution in [0.15, 0.2) is 0 Å². The molecule has 1 aliphatic rings. The van der Waals surface area contributed by atoms with Gasteiger partial charge in [0.1, 0.15) is 0 Å². The predicted octanol–water partition coefficient (Wildman–Crippen LogP) is 1.36. The number of aliphatic hydroxyl groups excluding tert-OH is 1. The van der Waals surface area contributed by atoms with Gasteiger partial charge in [-0.1, -0.05) is 20.8 Å². The topological polar surface area (TPSA) is 32.7 Å². The summed E-state index contributed by atoms with van der Waals surface area (Å²) in [6.07, 6.45) is 0.824. The lowest BCUT2D eigenvalue weighted by molar-refractivity contribution is -0.0362. The van der Waals surface area contributed by atoms with Crippen molar-refractivity contribution in [3.05, 3.63) is 0 Å². The van der Waals surface area contributed by atoms with E-state index in [0.29, 0.717) is 11.5 Å². The highest BCUT2D eigenvalue weighted by atomic mass is 16.5. The van der Waals surface area contributed by atoms with Gasteiger partial charge in [0.05, 0.1) is 6.61 Å². The van der Waals surface area contributed by atoms with Gasteiger partial charge in [-0.25, -0.2) is 0 Å². The van der Waals surface area contributed by atoms with Crippen LogP contribution in [0.1, 0.15) is 27.2 Å². The molecule has 1 N–H and O–H groups in total. The molecule has 0 amide bonds. The van der Waals surface area contributed by atoms with Crippen LogP contribution >= 0.6 is 0 Å². The van der Waals surface area contributed by atoms with Crippen molar-refractivity contribution < 1.29 is 9.84 Å². The lowest BCUT2D eigenvalue weighted by Gasteiger charge is -2.49. The molecule has 0 spiro atoms. The van der Waals surface area contributed by atoms with Crippen LogP contribution in [-0.2, 0) is 4.74 Å². The second-order valence-corrected chi connectivity index (χ2v) is 5.64. The zero-order chi connectivity index (χ0) is 11.5. The third kappa shape index (κ3) is 3.44. The minimum absolute atomic E-state index is 0.255. The Balaban J connectivity index is 2.34. The fourth-order valence-corrected chi connectivity index (χ4v) is 2.07. The molecule has 90 valence electrons. The average molecular weight is 215 g/mol. The first-order chi connectivity index (χ1) is 6.99. The monoisotopic (exact) mass is 215 g/mol. The Morgan fingerprint density at radius 1 is 1.40 bits per heavy atom. The first-order valence-electron chi connectivity index (χ1n) is 5.83. The van der Waals surface area contributed by atoms with Crippen LogP contribution in [-0.4, -0.2) is 49.5 Å². The molecule has 1 rings (SSSR count). The lowest BCUT2D eigenvalue weighted by Crippen LogP contribution is -2.57. The van der Waals surface area contributed by atoms with Gasteiger partial charge in [-0.05, 0) is 17.8 Å². The fraction of sp³-hybridized carbons (Fsp3) is 1.00. The molecule has 0 aromatic rings. The van der Waals surface area contributed by atoms with Crippen molar-refractivity contribution in [1.82, 2.24) is 4.90 Å². The van der Waals surface area contributed by atoms with Crippen LogP contribution in [0.25, 0.3) is 0 Å². The largest absolute Gasteiger partial charge is 0.396 e. The molecular weight excluding hydrogens is 190 g/mol. The maximum atomic E-state index is 8.98. The van der Waals surface area contributed by atoms with Crippen LogP contribution in [0.4, 0.5) is 0 Å². The van der Waals surface area contributed by atoms with Crippen LogP contribution in [0.5, 0.6) is 0 Å². The number of likely N-dealkylation sites (tertiary alicyclic amines) is 1. The van der Waals surface area contributed by atoms with Gasteiger partial charge in [0, 0.05) is 32.8 Å². The Kier molecular flexibility index (Phi) is 4.56. The van der Waals surface area contributed by atoms with Gasteiger partial charge in [-0.15, -0.1) is 0 Å². The quantitative estimate of drug-likeness (QED) is 0.751. The van der Waals surface area contributed by atoms with Gasteiger partial charge in [0.15, 0.2) is 0 Å². The Morgan fingerprint density at radius 3 is 2.40 bits per heavy atom. The van der Waals surface area contributed by atoms with Crippen molar-refractivity contribution in [2.24, 2.45) is 11.3 Å². The number of methoxy groups -OCH3 is 1. The molecule has 0 aromatic heterocycles. The minimum atomic E-state index is 0.255. The smallest absolute Gasteiger partial charge is 0.0618 e. The first-order valence-corrected chi connectivity index (χ1v) is 5.83. The predicted molar refractivity (Wildman–Crippen MR) is 61.9 cm³/mol. The van der Waals surface area contributed by atoms with E-state index < -0.39 is 0 Å². The van der Waals surface area contributed by atoms with Crippen LogP contribution in [0, 0.1) is 11.3 Å². The Labute approximate surface area is 93.4 Å². The number of hydrogen-bond donors (Lipinski definition) is 1. The number of ether oxygens (including phenoxy) is 1. The second kappa shape index (κ2) is 5.28. The third-order valence-electron chi connectivity index (χ3n) is 3.47. The maximum Gasteiger partial charge on any atom is 0.0618 e. The van der Waals surface area contributed by atoms with Gasteiger partial charge < -0.3 is 9.84 Å². The Bertz CT molecular complexity index is 177. The van der Waals surface area contributed by atoms with Gasteiger partial charge in [0.25, 0.3) is 0 Å². The summed E-state index contributed by atoms with van der Waals surface area (Å²) in [6, 6.07) is 0.401. The summed E-state index contributed by atoms with van der Waals surface area (Å²) in [4.78, 5) is 2.43. The van der Waals surface area contributed by atoms with Gasteiger partial charge in [0.2, 0.25) is 0 Å². The zero-order valence-electron chi connectivity index (χ0n) is 10.5. The molecular formula is C12H25NO2. The van der Waals surface area contributed by atoms with E-state index in [9.17, 15) is 0 Å². The lowest BCUT2D eigenvalue weighted by atomic mass is 9.75. The van der Waals surface area contributed by atoms with E-state index in [1.54, 1.807) is 7.11 Å². The second-order valence-electron chi connectivity index (χ2n) is 5.64. The van der Waals surface area contributed by atoms with E-state index >= 15 is 0 Å². The minimum Gasteiger partial charge on any atom is -0.396 e. The molecule has 1 aliphatic heterocycles. The van der Waals surface area contributed by atoms with Crippen molar-refractivity contribution in [3.63, 3.8) is 0 Å². The van der Waals surface area contributed by atoms with Crippen LogP contribution in [0.2, 0.25) is 0 Å². The molecule has 1 atom stereocenters. The van der Waals surface area contributed by atoms with E-state index in [-0.39, 0.29) is 6.61 Å². The van der Waals surface area contributed by atoms with E-state index in [1.807, 2.05) is 0 Å². The van der Waals surface area contributed by atoms with Crippen LogP contribution < -0.4 is 0 Å². The summed E-state index contributed by atoms with van der Waals surface area (Å²) in [7, 11) is 1.73. The van der Waals surface area contributed by atoms with Crippen LogP contribution in [0.3, 0.4) is 0 Å². The van der Waals surface area contributed by atoms with Crippen molar-refractivity contribution in [2.75, 3.05) is 33.4 Å². The summed E-state index contributed by atoms with van der Waals surface area (Å²) in [5.41, 5.74) is 0.410. The summed E-state index contributed by atoms with van der Waals surface area (Å²) < 4.78 is 5.18. The van der Waals surface area contributed by atoms with Gasteiger partial charge in [-0.2, -0.15) is 0 Å². The highest BCUT2D eigenvalue weighted by molar-refractivity contribution is 4.91. The molecule has 0 bridgehead atoms. The summed E-state index contributed by atoms with van der Waals surface area (Å²) in [6.45, 7) is 10.2. The van der Waals surface area contributed by atoms with Gasteiger partial charge >= 0.3 is 0 Å². The SMILES string of the molecule is COCC(CCO)N1CC(C(C)(C)C)C1. The summed E-state index contributed by atoms with van der Waals surface area (Å²) in [5.74, 6) is 0.788. The standard InChI is InChI=1S/C12H25NO2/c1-12(2,3)10-7-13(8-10)11(5-6-14)9-15-4/h10-11,14H,5-9H2,1-4H3. The molecule has 0 radical (unpaired) electrons. The molecule has 0 aliphatic carbocycles. The fourth-order valence-electron chi connectivity index (χ4n) is 2.07. The molecule has 1 saturated heterocycles. The number of aliphatic hydroxyl groups is 1. The molecule has 3 nitrogen and oxygen atoms in total. The first kappa shape index (κ1) is 12.9. The van der Waals surface area contributed by atoms with Crippen molar-refractivity contribution in [3.8, 4) is 0 Å². The Hall–Kier alpha value is -0.120. The van der Waals surface area contributed by atoms with Crippen molar-refractivity contribution in [2.45, 2.75) is 33.2 Å².